The first-order valence-electron chi connectivity index (χ1n) is 5.33. The van der Waals surface area contributed by atoms with Gasteiger partial charge in [0.1, 0.15) is 5.75 Å². The van der Waals surface area contributed by atoms with Crippen molar-refractivity contribution < 1.29 is 19.4 Å². The molecule has 5 heteroatoms. The van der Waals surface area contributed by atoms with Crippen LogP contribution in [0.15, 0.2) is 24.3 Å². The fraction of sp³-hybridized carbons (Fsp3) is 0.417. The number of rotatable bonds is 3. The average molecular weight is 237 g/mol. The van der Waals surface area contributed by atoms with Crippen molar-refractivity contribution in [3.63, 3.8) is 0 Å². The molecule has 0 aliphatic carbocycles. The second-order valence-electron chi connectivity index (χ2n) is 4.26. The molecule has 17 heavy (non-hydrogen) atoms. The summed E-state index contributed by atoms with van der Waals surface area (Å²) in [5, 5.41) is 9.17. The Morgan fingerprint density at radius 3 is 2.59 bits per heavy atom. The molecule has 1 aromatic rings. The maximum atomic E-state index is 11.7. The highest BCUT2D eigenvalue weighted by atomic mass is 16.6. The van der Waals surface area contributed by atoms with Crippen LogP contribution in [0.25, 0.3) is 0 Å². The summed E-state index contributed by atoms with van der Waals surface area (Å²) >= 11 is 0. The van der Waals surface area contributed by atoms with Crippen molar-refractivity contribution in [3.8, 4) is 5.75 Å². The number of cyclic esters (lactones) is 1. The minimum Gasteiger partial charge on any atom is -0.497 e. The minimum atomic E-state index is -0.822. The molecule has 0 spiro atoms. The number of hydrogen-bond acceptors (Lipinski definition) is 4. The van der Waals surface area contributed by atoms with E-state index in [1.165, 1.54) is 4.90 Å². The van der Waals surface area contributed by atoms with E-state index in [4.69, 9.17) is 14.6 Å². The van der Waals surface area contributed by atoms with E-state index in [9.17, 15) is 4.79 Å². The van der Waals surface area contributed by atoms with Crippen molar-refractivity contribution in [1.82, 2.24) is 0 Å². The summed E-state index contributed by atoms with van der Waals surface area (Å²) in [4.78, 5) is 13.2. The number of aliphatic hydroxyl groups excluding tert-OH is 1. The lowest BCUT2D eigenvalue weighted by Gasteiger charge is -2.18. The Labute approximate surface area is 99.6 Å². The topological polar surface area (TPSA) is 59.0 Å². The number of ether oxygens (including phenoxy) is 2. The zero-order valence-corrected chi connectivity index (χ0v) is 9.84. The molecule has 92 valence electrons. The van der Waals surface area contributed by atoms with Crippen LogP contribution in [0.5, 0.6) is 5.75 Å². The van der Waals surface area contributed by atoms with Crippen molar-refractivity contribution in [2.24, 2.45) is 0 Å². The third kappa shape index (κ3) is 2.19. The van der Waals surface area contributed by atoms with Gasteiger partial charge < -0.3 is 14.6 Å². The summed E-state index contributed by atoms with van der Waals surface area (Å²) in [6, 6.07) is 7.11. The monoisotopic (exact) mass is 237 g/mol. The molecular weight excluding hydrogens is 222 g/mol. The van der Waals surface area contributed by atoms with Crippen LogP contribution in [0, 0.1) is 0 Å². The summed E-state index contributed by atoms with van der Waals surface area (Å²) in [6.45, 7) is 1.86. The van der Waals surface area contributed by atoms with Gasteiger partial charge in [0.2, 0.25) is 0 Å². The van der Waals surface area contributed by atoms with Crippen LogP contribution in [-0.2, 0) is 4.74 Å². The van der Waals surface area contributed by atoms with Crippen LogP contribution in [-0.4, -0.2) is 37.1 Å². The average Bonchev–Trinajstić information content (AvgIpc) is 2.66. The molecule has 2 rings (SSSR count). The standard InChI is InChI=1S/C12H15NO4/c1-12(8-14)7-13(11(15)17-12)9-3-5-10(16-2)6-4-9/h3-6,14H,7-8H2,1-2H3/t12-/m1/s1. The lowest BCUT2D eigenvalue weighted by molar-refractivity contribution is 0.0219. The summed E-state index contributed by atoms with van der Waals surface area (Å²) in [7, 11) is 1.59. The van der Waals surface area contributed by atoms with Crippen molar-refractivity contribution in [2.45, 2.75) is 12.5 Å². The predicted molar refractivity (Wildman–Crippen MR) is 62.3 cm³/mol. The van der Waals surface area contributed by atoms with E-state index in [-0.39, 0.29) is 6.61 Å². The molecule has 1 heterocycles. The van der Waals surface area contributed by atoms with Gasteiger partial charge >= 0.3 is 6.09 Å². The Kier molecular flexibility index (Phi) is 2.93. The molecule has 1 aliphatic rings. The largest absolute Gasteiger partial charge is 0.497 e. The maximum absolute atomic E-state index is 11.7. The number of carbonyl (C=O) groups excluding carboxylic acids is 1. The minimum absolute atomic E-state index is 0.189. The van der Waals surface area contributed by atoms with Crippen molar-refractivity contribution in [2.75, 3.05) is 25.2 Å². The van der Waals surface area contributed by atoms with Gasteiger partial charge in [0.05, 0.1) is 20.3 Å². The number of amides is 1. The van der Waals surface area contributed by atoms with Crippen LogP contribution >= 0.6 is 0 Å². The lowest BCUT2D eigenvalue weighted by atomic mass is 10.1. The molecule has 0 bridgehead atoms. The van der Waals surface area contributed by atoms with Crippen LogP contribution in [0.4, 0.5) is 10.5 Å². The molecule has 0 radical (unpaired) electrons. The quantitative estimate of drug-likeness (QED) is 0.863. The summed E-state index contributed by atoms with van der Waals surface area (Å²) in [5.41, 5.74) is -0.0928. The van der Waals surface area contributed by atoms with E-state index in [1.807, 2.05) is 0 Å². The second kappa shape index (κ2) is 4.25. The number of aliphatic hydroxyl groups is 1. The number of hydrogen-bond donors (Lipinski definition) is 1. The predicted octanol–water partition coefficient (Wildman–Crippen LogP) is 1.40. The molecule has 1 aliphatic heterocycles. The Morgan fingerprint density at radius 2 is 2.12 bits per heavy atom. The van der Waals surface area contributed by atoms with Gasteiger partial charge in [-0.25, -0.2) is 4.79 Å². The normalized spacial score (nSPS) is 23.7. The number of methoxy groups -OCH3 is 1. The summed E-state index contributed by atoms with van der Waals surface area (Å²) in [5.74, 6) is 0.728. The van der Waals surface area contributed by atoms with Gasteiger partial charge in [-0.2, -0.15) is 0 Å². The van der Waals surface area contributed by atoms with Crippen LogP contribution < -0.4 is 9.64 Å². The molecule has 5 nitrogen and oxygen atoms in total. The van der Waals surface area contributed by atoms with Crippen molar-refractivity contribution >= 4 is 11.8 Å². The smallest absolute Gasteiger partial charge is 0.415 e. The third-order valence-electron chi connectivity index (χ3n) is 2.77. The van der Waals surface area contributed by atoms with E-state index < -0.39 is 11.7 Å². The molecule has 0 saturated carbocycles. The van der Waals surface area contributed by atoms with Crippen molar-refractivity contribution in [1.29, 1.82) is 0 Å². The van der Waals surface area contributed by atoms with E-state index in [1.54, 1.807) is 38.3 Å². The number of nitrogens with zero attached hydrogens (tertiary/aromatic N) is 1. The first-order valence-corrected chi connectivity index (χ1v) is 5.33. The fourth-order valence-corrected chi connectivity index (χ4v) is 1.74. The highest BCUT2D eigenvalue weighted by molar-refractivity contribution is 5.90. The third-order valence-corrected chi connectivity index (χ3v) is 2.77. The van der Waals surface area contributed by atoms with E-state index >= 15 is 0 Å². The molecule has 1 saturated heterocycles. The lowest BCUT2D eigenvalue weighted by Crippen LogP contribution is -2.34. The van der Waals surface area contributed by atoms with Crippen LogP contribution in [0.1, 0.15) is 6.92 Å². The Balaban J connectivity index is 2.20. The van der Waals surface area contributed by atoms with Gasteiger partial charge in [0.15, 0.2) is 5.60 Å². The molecule has 1 N–H and O–H groups in total. The summed E-state index contributed by atoms with van der Waals surface area (Å²) < 4.78 is 10.2. The first-order chi connectivity index (χ1) is 8.08. The maximum Gasteiger partial charge on any atom is 0.415 e. The molecule has 0 aromatic heterocycles. The zero-order chi connectivity index (χ0) is 12.5. The molecule has 1 fully saturated rings. The van der Waals surface area contributed by atoms with Gasteiger partial charge in [0.25, 0.3) is 0 Å². The van der Waals surface area contributed by atoms with E-state index in [0.29, 0.717) is 6.54 Å². The van der Waals surface area contributed by atoms with Crippen LogP contribution in [0.3, 0.4) is 0 Å². The highest BCUT2D eigenvalue weighted by Crippen LogP contribution is 2.28. The fourth-order valence-electron chi connectivity index (χ4n) is 1.74. The first kappa shape index (κ1) is 11.7. The molecule has 1 atom stereocenters. The number of anilines is 1. The summed E-state index contributed by atoms with van der Waals surface area (Å²) in [6.07, 6.45) is -0.438. The van der Waals surface area contributed by atoms with E-state index in [0.717, 1.165) is 11.4 Å². The SMILES string of the molecule is COc1ccc(N2C[C@](C)(CO)OC2=O)cc1. The zero-order valence-electron chi connectivity index (χ0n) is 9.84. The highest BCUT2D eigenvalue weighted by Gasteiger charge is 2.41. The van der Waals surface area contributed by atoms with Gasteiger partial charge in [-0.3, -0.25) is 4.90 Å². The van der Waals surface area contributed by atoms with Crippen molar-refractivity contribution in [3.05, 3.63) is 24.3 Å². The Morgan fingerprint density at radius 1 is 1.47 bits per heavy atom. The number of benzene rings is 1. The molecule has 0 unspecified atom stereocenters. The molecule has 1 aromatic carbocycles. The Hall–Kier alpha value is -1.75. The van der Waals surface area contributed by atoms with Gasteiger partial charge in [-0.1, -0.05) is 0 Å². The molecular formula is C12H15NO4. The van der Waals surface area contributed by atoms with Gasteiger partial charge in [0, 0.05) is 5.69 Å². The van der Waals surface area contributed by atoms with Crippen LogP contribution in [0.2, 0.25) is 0 Å². The van der Waals surface area contributed by atoms with Gasteiger partial charge in [-0.05, 0) is 31.2 Å². The number of carbonyl (C=O) groups is 1. The van der Waals surface area contributed by atoms with Gasteiger partial charge in [-0.15, -0.1) is 0 Å². The Bertz CT molecular complexity index is 417. The molecule has 1 amide bonds. The second-order valence-corrected chi connectivity index (χ2v) is 4.26. The van der Waals surface area contributed by atoms with E-state index in [2.05, 4.69) is 0 Å².